The van der Waals surface area contributed by atoms with Gasteiger partial charge in [0.15, 0.2) is 5.92 Å². The molecule has 1 atom stereocenters. The topological polar surface area (TPSA) is 102 Å². The zero-order valence-corrected chi connectivity index (χ0v) is 22.2. The first-order chi connectivity index (χ1) is 19.3. The van der Waals surface area contributed by atoms with Crippen LogP contribution in [-0.4, -0.2) is 39.1 Å². The van der Waals surface area contributed by atoms with Crippen LogP contribution in [0.3, 0.4) is 0 Å². The van der Waals surface area contributed by atoms with E-state index in [9.17, 15) is 27.9 Å². The third kappa shape index (κ3) is 4.37. The second kappa shape index (κ2) is 9.85. The van der Waals surface area contributed by atoms with E-state index in [0.717, 1.165) is 7.11 Å². The van der Waals surface area contributed by atoms with Crippen LogP contribution in [0.4, 0.5) is 26.7 Å². The van der Waals surface area contributed by atoms with Crippen LogP contribution in [0.25, 0.3) is 16.6 Å². The Morgan fingerprint density at radius 3 is 2.24 bits per heavy atom. The number of ether oxygens (including phenoxy) is 2. The molecule has 3 heterocycles. The number of carbonyl (C=O) groups is 2. The van der Waals surface area contributed by atoms with Gasteiger partial charge in [-0.25, -0.2) is 22.5 Å². The number of rotatable bonds is 4. The maximum atomic E-state index is 15.0. The molecule has 1 unspecified atom stereocenters. The number of benzene rings is 2. The number of methoxy groups -OCH3 is 1. The number of aryl methyl sites for hydroxylation is 1. The van der Waals surface area contributed by atoms with Crippen molar-refractivity contribution in [2.24, 2.45) is 0 Å². The van der Waals surface area contributed by atoms with Gasteiger partial charge in [0.2, 0.25) is 34.8 Å². The molecule has 41 heavy (non-hydrogen) atoms. The van der Waals surface area contributed by atoms with Gasteiger partial charge in [-0.05, 0) is 44.7 Å². The summed E-state index contributed by atoms with van der Waals surface area (Å²) in [6, 6.07) is 5.92. The van der Waals surface area contributed by atoms with Gasteiger partial charge < -0.3 is 14.6 Å². The molecular weight excluding hydrogens is 555 g/mol. The average Bonchev–Trinajstić information content (AvgIpc) is 3.58. The van der Waals surface area contributed by atoms with Crippen molar-refractivity contribution in [1.29, 1.82) is 0 Å². The van der Waals surface area contributed by atoms with Crippen molar-refractivity contribution < 1.29 is 50.7 Å². The van der Waals surface area contributed by atoms with Crippen molar-refractivity contribution in [2.45, 2.75) is 51.7 Å². The Bertz CT molecular complexity index is 1710. The van der Waals surface area contributed by atoms with Crippen molar-refractivity contribution in [1.82, 2.24) is 14.3 Å². The molecule has 0 spiro atoms. The molecule has 2 aromatic carbocycles. The number of carbonyl (C=O) groups excluding carboxylic acids is 2. The first kappa shape index (κ1) is 28.1. The van der Waals surface area contributed by atoms with E-state index in [0.29, 0.717) is 15.7 Å². The van der Waals surface area contributed by atoms with E-state index in [1.165, 1.54) is 28.8 Å². The van der Waals surface area contributed by atoms with Gasteiger partial charge in [0.1, 0.15) is 5.60 Å². The quantitative estimate of drug-likeness (QED) is 0.120. The van der Waals surface area contributed by atoms with E-state index >= 15 is 8.78 Å². The molecule has 14 heteroatoms. The molecule has 2 aromatic heterocycles. The van der Waals surface area contributed by atoms with Crippen LogP contribution < -0.4 is 9.67 Å². The van der Waals surface area contributed by atoms with Crippen LogP contribution >= 0.6 is 0 Å². The van der Waals surface area contributed by atoms with E-state index in [1.54, 1.807) is 20.8 Å². The van der Waals surface area contributed by atoms with Gasteiger partial charge in [0.05, 0.1) is 19.2 Å². The van der Waals surface area contributed by atoms with Crippen molar-refractivity contribution in [3.63, 3.8) is 0 Å². The Labute approximate surface area is 229 Å². The van der Waals surface area contributed by atoms with Gasteiger partial charge in [-0.3, -0.25) is 9.36 Å². The smallest absolute Gasteiger partial charge is 0.418 e. The standard InChI is InChI=1S/C27H23F5N4O5/c1-27(2,3)41-26(39)35-13-9-6-5-8-12(13)15(24(35)37)16(25(38)40-4)23-34-11-7-10-14(34)33-36(23)22-20(31)18(29)17(28)19(30)21(22)32/h5-6,8-9,16H,7,10-11H2,1-4H3. The Kier molecular flexibility index (Phi) is 6.74. The summed E-state index contributed by atoms with van der Waals surface area (Å²) in [6.45, 7) is 4.90. The molecule has 0 radical (unpaired) electrons. The van der Waals surface area contributed by atoms with Crippen molar-refractivity contribution in [3.8, 4) is 11.6 Å². The molecule has 0 saturated carbocycles. The van der Waals surface area contributed by atoms with Gasteiger partial charge in [0, 0.05) is 16.9 Å². The van der Waals surface area contributed by atoms with Crippen LogP contribution in [0.5, 0.6) is 5.88 Å². The van der Waals surface area contributed by atoms with Crippen LogP contribution in [-0.2, 0) is 27.2 Å². The second-order valence-electron chi connectivity index (χ2n) is 10.4. The molecule has 1 aliphatic rings. The first-order valence-electron chi connectivity index (χ1n) is 12.4. The molecule has 0 bridgehead atoms. The fraction of sp³-hybridized carbons (Fsp3) is 0.333. The number of aromatic nitrogens is 4. The molecule has 216 valence electrons. The molecule has 0 fully saturated rings. The first-order valence-corrected chi connectivity index (χ1v) is 12.4. The highest BCUT2D eigenvalue weighted by Crippen LogP contribution is 2.40. The van der Waals surface area contributed by atoms with Crippen LogP contribution in [0, 0.1) is 29.1 Å². The average molecular weight is 578 g/mol. The molecule has 9 nitrogen and oxygen atoms in total. The number of esters is 1. The summed E-state index contributed by atoms with van der Waals surface area (Å²) >= 11 is 0. The van der Waals surface area contributed by atoms with Gasteiger partial charge in [-0.2, -0.15) is 8.78 Å². The normalized spacial score (nSPS) is 13.9. The van der Waals surface area contributed by atoms with E-state index < -0.39 is 70.1 Å². The maximum absolute atomic E-state index is 15.0. The predicted molar refractivity (Wildman–Crippen MR) is 129 cm³/mol. The lowest BCUT2D eigenvalue weighted by molar-refractivity contribution is -0.698. The summed E-state index contributed by atoms with van der Waals surface area (Å²) < 4.78 is 85.4. The van der Waals surface area contributed by atoms with Gasteiger partial charge in [-0.15, -0.1) is 0 Å². The fourth-order valence-electron chi connectivity index (χ4n) is 4.99. The highest BCUT2D eigenvalue weighted by atomic mass is 19.2. The fourth-order valence-corrected chi connectivity index (χ4v) is 4.99. The third-order valence-corrected chi connectivity index (χ3v) is 6.63. The maximum Gasteiger partial charge on any atom is 0.418 e. The lowest BCUT2D eigenvalue weighted by atomic mass is 9.96. The molecule has 1 aliphatic heterocycles. The Hall–Kier alpha value is -4.49. The molecule has 5 rings (SSSR count). The zero-order valence-electron chi connectivity index (χ0n) is 22.2. The van der Waals surface area contributed by atoms with Crippen LogP contribution in [0.1, 0.15) is 50.3 Å². The second-order valence-corrected chi connectivity index (χ2v) is 10.4. The van der Waals surface area contributed by atoms with Gasteiger partial charge in [0.25, 0.3) is 11.6 Å². The summed E-state index contributed by atoms with van der Waals surface area (Å²) in [4.78, 5) is 26.5. The number of fused-ring (bicyclic) bond motifs is 2. The van der Waals surface area contributed by atoms with Crippen LogP contribution in [0.15, 0.2) is 24.3 Å². The minimum absolute atomic E-state index is 0.0552. The molecule has 0 amide bonds. The Morgan fingerprint density at radius 1 is 1.02 bits per heavy atom. The minimum Gasteiger partial charge on any atom is -0.859 e. The summed E-state index contributed by atoms with van der Waals surface area (Å²) in [6.07, 6.45) is -0.335. The van der Waals surface area contributed by atoms with E-state index in [4.69, 9.17) is 9.47 Å². The molecule has 0 aliphatic carbocycles. The third-order valence-electron chi connectivity index (χ3n) is 6.63. The lowest BCUT2D eigenvalue weighted by Crippen LogP contribution is -2.41. The zero-order chi connectivity index (χ0) is 30.0. The van der Waals surface area contributed by atoms with Crippen molar-refractivity contribution in [3.05, 3.63) is 70.6 Å². The van der Waals surface area contributed by atoms with E-state index in [-0.39, 0.29) is 35.3 Å². The van der Waals surface area contributed by atoms with E-state index in [1.807, 2.05) is 0 Å². The SMILES string of the molecule is COC(=O)C(c1c([O-])n(C(=O)OC(C)(C)C)c2ccccc12)c1n(-c2c(F)c(F)c(F)c(F)c2F)nc2[n+]1CCC2. The Balaban J connectivity index is 1.86. The summed E-state index contributed by atoms with van der Waals surface area (Å²) in [5.74, 6) is -15.3. The predicted octanol–water partition coefficient (Wildman–Crippen LogP) is 3.92. The number of para-hydroxylation sites is 1. The summed E-state index contributed by atoms with van der Waals surface area (Å²) in [7, 11) is 0.997. The number of hydrogen-bond donors (Lipinski definition) is 0. The lowest BCUT2D eigenvalue weighted by Gasteiger charge is -2.23. The number of halogens is 5. The molecule has 0 N–H and O–H groups in total. The summed E-state index contributed by atoms with van der Waals surface area (Å²) in [5, 5.41) is 18.1. The molecular formula is C27H23F5N4O5. The summed E-state index contributed by atoms with van der Waals surface area (Å²) in [5.41, 5.74) is -2.72. The van der Waals surface area contributed by atoms with Gasteiger partial charge >= 0.3 is 12.1 Å². The van der Waals surface area contributed by atoms with Crippen LogP contribution in [0.2, 0.25) is 0 Å². The van der Waals surface area contributed by atoms with Crippen molar-refractivity contribution in [2.75, 3.05) is 7.11 Å². The Morgan fingerprint density at radius 2 is 1.63 bits per heavy atom. The number of hydrogen-bond acceptors (Lipinski definition) is 6. The number of nitrogens with zero attached hydrogens (tertiary/aromatic N) is 4. The largest absolute Gasteiger partial charge is 0.859 e. The monoisotopic (exact) mass is 578 g/mol. The van der Waals surface area contributed by atoms with Crippen molar-refractivity contribution >= 4 is 23.0 Å². The van der Waals surface area contributed by atoms with E-state index in [2.05, 4.69) is 5.10 Å². The van der Waals surface area contributed by atoms with Gasteiger partial charge in [-0.1, -0.05) is 22.9 Å². The highest BCUT2D eigenvalue weighted by molar-refractivity contribution is 5.99. The highest BCUT2D eigenvalue weighted by Gasteiger charge is 2.45. The molecule has 4 aromatic rings. The molecule has 0 saturated heterocycles. The minimum atomic E-state index is -2.37.